The number of aldehydes is 1. The molecule has 106 valence electrons. The number of anilines is 1. The highest BCUT2D eigenvalue weighted by molar-refractivity contribution is 5.77. The monoisotopic (exact) mass is 283 g/mol. The number of carbonyl (C=O) groups excluding carboxylic acids is 1. The van der Waals surface area contributed by atoms with Crippen molar-refractivity contribution in [2.75, 3.05) is 11.9 Å². The number of benzene rings is 1. The Morgan fingerprint density at radius 2 is 2.05 bits per heavy atom. The number of hydrogen-bond donors (Lipinski definition) is 0. The molecule has 0 radical (unpaired) electrons. The quantitative estimate of drug-likeness (QED) is 0.801. The summed E-state index contributed by atoms with van der Waals surface area (Å²) in [4.78, 5) is 12.1. The van der Waals surface area contributed by atoms with Gasteiger partial charge in [0, 0.05) is 30.4 Å². The Morgan fingerprint density at radius 1 is 1.30 bits per heavy atom. The highest BCUT2D eigenvalue weighted by Crippen LogP contribution is 2.37. The third-order valence-electron chi connectivity index (χ3n) is 2.87. The van der Waals surface area contributed by atoms with Gasteiger partial charge in [-0.15, -0.1) is 0 Å². The van der Waals surface area contributed by atoms with Crippen LogP contribution in [-0.2, 0) is 12.7 Å². The van der Waals surface area contributed by atoms with Crippen LogP contribution in [-0.4, -0.2) is 13.3 Å². The molecule has 0 N–H and O–H groups in total. The van der Waals surface area contributed by atoms with Crippen molar-refractivity contribution in [2.24, 2.45) is 0 Å². The summed E-state index contributed by atoms with van der Waals surface area (Å²) in [7, 11) is 1.55. The number of hydrogen-bond acceptors (Lipinski definition) is 3. The Morgan fingerprint density at radius 3 is 2.60 bits per heavy atom. The molecule has 6 heteroatoms. The topological polar surface area (TPSA) is 33.5 Å². The Labute approximate surface area is 113 Å². The van der Waals surface area contributed by atoms with Crippen LogP contribution in [0.2, 0.25) is 0 Å². The van der Waals surface area contributed by atoms with E-state index in [1.165, 1.54) is 29.6 Å². The van der Waals surface area contributed by atoms with Gasteiger partial charge in [-0.3, -0.25) is 4.79 Å². The summed E-state index contributed by atoms with van der Waals surface area (Å²) in [6, 6.07) is 5.20. The molecule has 0 saturated heterocycles. The first-order valence-corrected chi connectivity index (χ1v) is 5.80. The zero-order chi connectivity index (χ0) is 14.8. The fourth-order valence-corrected chi connectivity index (χ4v) is 1.93. The van der Waals surface area contributed by atoms with Crippen LogP contribution in [0.25, 0.3) is 0 Å². The van der Waals surface area contributed by atoms with Crippen molar-refractivity contribution in [3.63, 3.8) is 0 Å². The minimum atomic E-state index is -4.51. The van der Waals surface area contributed by atoms with Gasteiger partial charge in [0.1, 0.15) is 6.29 Å². The van der Waals surface area contributed by atoms with E-state index in [0.717, 1.165) is 11.6 Å². The standard InChI is InChI=1S/C14H12F3NO2/c1-18(7-11-4-5-20-9-11)13-3-2-10(8-19)6-12(13)14(15,16)17/h2-6,8-9H,7H2,1H3. The number of carbonyl (C=O) groups is 1. The Hall–Kier alpha value is -2.24. The maximum atomic E-state index is 13.0. The molecule has 1 aromatic heterocycles. The number of alkyl halides is 3. The summed E-state index contributed by atoms with van der Waals surface area (Å²) in [5.41, 5.74) is -0.0460. The molecule has 3 nitrogen and oxygen atoms in total. The van der Waals surface area contributed by atoms with Crippen molar-refractivity contribution < 1.29 is 22.4 Å². The van der Waals surface area contributed by atoms with Crippen LogP contribution in [0.3, 0.4) is 0 Å². The molecule has 20 heavy (non-hydrogen) atoms. The fraction of sp³-hybridized carbons (Fsp3) is 0.214. The molecule has 0 bridgehead atoms. The first-order chi connectivity index (χ1) is 9.41. The zero-order valence-corrected chi connectivity index (χ0v) is 10.6. The van der Waals surface area contributed by atoms with Crippen LogP contribution < -0.4 is 4.90 Å². The second-order valence-electron chi connectivity index (χ2n) is 4.38. The lowest BCUT2D eigenvalue weighted by Gasteiger charge is -2.23. The molecular formula is C14H12F3NO2. The molecule has 2 rings (SSSR count). The van der Waals surface area contributed by atoms with Crippen LogP contribution in [0.15, 0.2) is 41.2 Å². The van der Waals surface area contributed by atoms with Crippen molar-refractivity contribution in [1.29, 1.82) is 0 Å². The largest absolute Gasteiger partial charge is 0.472 e. The van der Waals surface area contributed by atoms with Gasteiger partial charge in [0.25, 0.3) is 0 Å². The van der Waals surface area contributed by atoms with Crippen LogP contribution in [0.4, 0.5) is 18.9 Å². The Kier molecular flexibility index (Phi) is 3.83. The van der Waals surface area contributed by atoms with E-state index in [4.69, 9.17) is 4.42 Å². The molecule has 0 fully saturated rings. The van der Waals surface area contributed by atoms with Gasteiger partial charge in [0.15, 0.2) is 0 Å². The number of nitrogens with zero attached hydrogens (tertiary/aromatic N) is 1. The lowest BCUT2D eigenvalue weighted by molar-refractivity contribution is -0.137. The molecule has 0 saturated carbocycles. The van der Waals surface area contributed by atoms with Crippen molar-refractivity contribution in [3.8, 4) is 0 Å². The molecular weight excluding hydrogens is 271 g/mol. The van der Waals surface area contributed by atoms with Crippen LogP contribution in [0, 0.1) is 0 Å². The van der Waals surface area contributed by atoms with Gasteiger partial charge in [0.05, 0.1) is 18.1 Å². The van der Waals surface area contributed by atoms with Gasteiger partial charge in [-0.1, -0.05) is 0 Å². The molecule has 0 aliphatic rings. The Bertz CT molecular complexity index is 591. The number of rotatable bonds is 4. The first kappa shape index (κ1) is 14.2. The van der Waals surface area contributed by atoms with E-state index in [-0.39, 0.29) is 17.8 Å². The van der Waals surface area contributed by atoms with Crippen molar-refractivity contribution in [1.82, 2.24) is 0 Å². The molecule has 0 spiro atoms. The van der Waals surface area contributed by atoms with Crippen LogP contribution >= 0.6 is 0 Å². The summed E-state index contributed by atoms with van der Waals surface area (Å²) in [5, 5.41) is 0. The molecule has 0 amide bonds. The van der Waals surface area contributed by atoms with Gasteiger partial charge >= 0.3 is 6.18 Å². The number of furan rings is 1. The van der Waals surface area contributed by atoms with E-state index in [2.05, 4.69) is 0 Å². The third kappa shape index (κ3) is 3.01. The summed E-state index contributed by atoms with van der Waals surface area (Å²) < 4.78 is 44.0. The Balaban J connectivity index is 2.37. The van der Waals surface area contributed by atoms with E-state index in [1.807, 2.05) is 0 Å². The molecule has 1 aromatic carbocycles. The predicted molar refractivity (Wildman–Crippen MR) is 67.6 cm³/mol. The van der Waals surface area contributed by atoms with E-state index in [0.29, 0.717) is 6.29 Å². The predicted octanol–water partition coefficient (Wildman–Crippen LogP) is 3.75. The maximum Gasteiger partial charge on any atom is 0.418 e. The minimum Gasteiger partial charge on any atom is -0.472 e. The molecule has 0 atom stereocenters. The molecule has 0 unspecified atom stereocenters. The summed E-state index contributed by atoms with van der Waals surface area (Å²) >= 11 is 0. The molecule has 1 heterocycles. The van der Waals surface area contributed by atoms with Gasteiger partial charge in [-0.05, 0) is 24.3 Å². The highest BCUT2D eigenvalue weighted by atomic mass is 19.4. The van der Waals surface area contributed by atoms with Gasteiger partial charge in [-0.2, -0.15) is 13.2 Å². The first-order valence-electron chi connectivity index (χ1n) is 5.80. The van der Waals surface area contributed by atoms with E-state index in [9.17, 15) is 18.0 Å². The van der Waals surface area contributed by atoms with Crippen molar-refractivity contribution in [3.05, 3.63) is 53.5 Å². The second-order valence-corrected chi connectivity index (χ2v) is 4.38. The average Bonchev–Trinajstić information content (AvgIpc) is 2.89. The average molecular weight is 283 g/mol. The van der Waals surface area contributed by atoms with Gasteiger partial charge in [0.2, 0.25) is 0 Å². The fourth-order valence-electron chi connectivity index (χ4n) is 1.93. The summed E-state index contributed by atoms with van der Waals surface area (Å²) in [6.07, 6.45) is -1.18. The van der Waals surface area contributed by atoms with E-state index in [1.54, 1.807) is 13.1 Å². The lowest BCUT2D eigenvalue weighted by Crippen LogP contribution is -2.21. The number of halogens is 3. The lowest BCUT2D eigenvalue weighted by atomic mass is 10.1. The van der Waals surface area contributed by atoms with Crippen LogP contribution in [0.5, 0.6) is 0 Å². The molecule has 0 aliphatic carbocycles. The van der Waals surface area contributed by atoms with E-state index >= 15 is 0 Å². The minimum absolute atomic E-state index is 0.00205. The van der Waals surface area contributed by atoms with Crippen LogP contribution in [0.1, 0.15) is 21.5 Å². The van der Waals surface area contributed by atoms with Crippen molar-refractivity contribution >= 4 is 12.0 Å². The smallest absolute Gasteiger partial charge is 0.418 e. The highest BCUT2D eigenvalue weighted by Gasteiger charge is 2.34. The summed E-state index contributed by atoms with van der Waals surface area (Å²) in [6.45, 7) is 0.278. The van der Waals surface area contributed by atoms with Gasteiger partial charge < -0.3 is 9.32 Å². The van der Waals surface area contributed by atoms with Crippen molar-refractivity contribution in [2.45, 2.75) is 12.7 Å². The summed E-state index contributed by atoms with van der Waals surface area (Å²) in [5.74, 6) is 0. The second kappa shape index (κ2) is 5.40. The molecule has 2 aromatic rings. The zero-order valence-electron chi connectivity index (χ0n) is 10.6. The SMILES string of the molecule is CN(Cc1ccoc1)c1ccc(C=O)cc1C(F)(F)F. The molecule has 0 aliphatic heterocycles. The normalized spacial score (nSPS) is 11.4. The maximum absolute atomic E-state index is 13.0. The third-order valence-corrected chi connectivity index (χ3v) is 2.87. The van der Waals surface area contributed by atoms with Gasteiger partial charge in [-0.25, -0.2) is 0 Å². The van der Waals surface area contributed by atoms with E-state index < -0.39 is 11.7 Å².